The Kier molecular flexibility index (Phi) is 10.0. The van der Waals surface area contributed by atoms with Gasteiger partial charge in [0, 0.05) is 32.2 Å². The third-order valence-electron chi connectivity index (χ3n) is 3.96. The zero-order chi connectivity index (χ0) is 13.7. The number of halogens is 2. The lowest BCUT2D eigenvalue weighted by molar-refractivity contribution is 0.164. The highest BCUT2D eigenvalue weighted by molar-refractivity contribution is 5.85. The SMILES string of the molecule is CCC[C@@H](c1ccc(OC)c(C)c1)N1CCNCC1.Cl.Cl. The highest BCUT2D eigenvalue weighted by atomic mass is 35.5. The van der Waals surface area contributed by atoms with Crippen LogP contribution in [-0.2, 0) is 0 Å². The summed E-state index contributed by atoms with van der Waals surface area (Å²) in [5.74, 6) is 0.985. The van der Waals surface area contributed by atoms with E-state index in [9.17, 15) is 0 Å². The van der Waals surface area contributed by atoms with E-state index in [1.54, 1.807) is 7.11 Å². The highest BCUT2D eigenvalue weighted by Gasteiger charge is 2.21. The molecular weight excluding hydrogens is 307 g/mol. The maximum Gasteiger partial charge on any atom is 0.121 e. The minimum atomic E-state index is 0. The van der Waals surface area contributed by atoms with Crippen molar-refractivity contribution in [3.8, 4) is 5.75 Å². The molecule has 1 saturated heterocycles. The summed E-state index contributed by atoms with van der Waals surface area (Å²) in [6, 6.07) is 7.18. The highest BCUT2D eigenvalue weighted by Crippen LogP contribution is 2.29. The van der Waals surface area contributed by atoms with Crippen LogP contribution in [0.5, 0.6) is 5.75 Å². The number of rotatable bonds is 5. The Bertz CT molecular complexity index is 409. The fraction of sp³-hybridized carbons (Fsp3) is 0.625. The Morgan fingerprint density at radius 3 is 2.43 bits per heavy atom. The van der Waals surface area contributed by atoms with Gasteiger partial charge in [-0.25, -0.2) is 0 Å². The van der Waals surface area contributed by atoms with Crippen LogP contribution < -0.4 is 10.1 Å². The first-order valence-electron chi connectivity index (χ1n) is 7.35. The molecule has 0 spiro atoms. The smallest absolute Gasteiger partial charge is 0.121 e. The van der Waals surface area contributed by atoms with Gasteiger partial charge in [0.25, 0.3) is 0 Å². The van der Waals surface area contributed by atoms with Crippen molar-refractivity contribution in [2.24, 2.45) is 0 Å². The standard InChI is InChI=1S/C16H26N2O.2ClH/c1-4-5-15(18-10-8-17-9-11-18)14-6-7-16(19-3)13(2)12-14;;/h6-7,12,15,17H,4-5,8-11H2,1-3H3;2*1H/t15-;;/m0../s1. The zero-order valence-electron chi connectivity index (χ0n) is 13.2. The average Bonchev–Trinajstić information content (AvgIpc) is 2.45. The van der Waals surface area contributed by atoms with Gasteiger partial charge < -0.3 is 10.1 Å². The fourth-order valence-corrected chi connectivity index (χ4v) is 2.94. The first kappa shape index (κ1) is 20.5. The van der Waals surface area contributed by atoms with E-state index >= 15 is 0 Å². The van der Waals surface area contributed by atoms with Crippen LogP contribution in [0.15, 0.2) is 18.2 Å². The first-order valence-corrected chi connectivity index (χ1v) is 7.35. The predicted molar refractivity (Wildman–Crippen MR) is 94.3 cm³/mol. The minimum Gasteiger partial charge on any atom is -0.496 e. The molecule has 1 aliphatic rings. The zero-order valence-corrected chi connectivity index (χ0v) is 14.9. The van der Waals surface area contributed by atoms with Gasteiger partial charge in [-0.3, -0.25) is 4.90 Å². The number of nitrogens with one attached hydrogen (secondary N) is 1. The van der Waals surface area contributed by atoms with Gasteiger partial charge in [0.15, 0.2) is 0 Å². The molecule has 0 bridgehead atoms. The third kappa shape index (κ3) is 5.33. The lowest BCUT2D eigenvalue weighted by Gasteiger charge is -2.35. The molecular formula is C16H28Cl2N2O. The summed E-state index contributed by atoms with van der Waals surface area (Å²) in [5, 5.41) is 3.43. The van der Waals surface area contributed by atoms with E-state index in [0.29, 0.717) is 6.04 Å². The molecule has 21 heavy (non-hydrogen) atoms. The normalized spacial score (nSPS) is 16.5. The van der Waals surface area contributed by atoms with Crippen molar-refractivity contribution in [3.05, 3.63) is 29.3 Å². The van der Waals surface area contributed by atoms with Crippen molar-refractivity contribution in [1.82, 2.24) is 10.2 Å². The Hall–Kier alpha value is -0.480. The molecule has 5 heteroatoms. The summed E-state index contributed by atoms with van der Waals surface area (Å²) in [6.07, 6.45) is 2.45. The van der Waals surface area contributed by atoms with E-state index in [4.69, 9.17) is 4.74 Å². The van der Waals surface area contributed by atoms with E-state index in [-0.39, 0.29) is 24.8 Å². The van der Waals surface area contributed by atoms with Gasteiger partial charge in [0.1, 0.15) is 5.75 Å². The predicted octanol–water partition coefficient (Wildman–Crippen LogP) is 3.59. The Labute approximate surface area is 141 Å². The van der Waals surface area contributed by atoms with E-state index in [0.717, 1.165) is 31.9 Å². The second-order valence-corrected chi connectivity index (χ2v) is 5.32. The van der Waals surface area contributed by atoms with E-state index in [1.165, 1.54) is 24.0 Å². The van der Waals surface area contributed by atoms with Gasteiger partial charge in [-0.15, -0.1) is 24.8 Å². The molecule has 0 amide bonds. The number of benzene rings is 1. The number of hydrogen-bond donors (Lipinski definition) is 1. The van der Waals surface area contributed by atoms with Gasteiger partial charge in [0.2, 0.25) is 0 Å². The molecule has 3 nitrogen and oxygen atoms in total. The number of methoxy groups -OCH3 is 1. The van der Waals surface area contributed by atoms with Gasteiger partial charge in [-0.1, -0.05) is 25.5 Å². The molecule has 1 N–H and O–H groups in total. The Morgan fingerprint density at radius 2 is 1.90 bits per heavy atom. The van der Waals surface area contributed by atoms with Gasteiger partial charge >= 0.3 is 0 Å². The van der Waals surface area contributed by atoms with E-state index in [1.807, 2.05) is 0 Å². The van der Waals surface area contributed by atoms with Crippen LogP contribution in [0.2, 0.25) is 0 Å². The molecule has 0 unspecified atom stereocenters. The van der Waals surface area contributed by atoms with Crippen LogP contribution in [0.1, 0.15) is 36.9 Å². The van der Waals surface area contributed by atoms with Crippen LogP contribution in [0, 0.1) is 6.92 Å². The number of hydrogen-bond acceptors (Lipinski definition) is 3. The number of ether oxygens (including phenoxy) is 1. The topological polar surface area (TPSA) is 24.5 Å². The summed E-state index contributed by atoms with van der Waals surface area (Å²) in [7, 11) is 1.74. The van der Waals surface area contributed by atoms with Gasteiger partial charge in [-0.05, 0) is 30.5 Å². The lowest BCUT2D eigenvalue weighted by Crippen LogP contribution is -2.45. The van der Waals surface area contributed by atoms with Crippen molar-refractivity contribution >= 4 is 24.8 Å². The molecule has 1 aliphatic heterocycles. The van der Waals surface area contributed by atoms with E-state index < -0.39 is 0 Å². The van der Waals surface area contributed by atoms with Crippen molar-refractivity contribution in [2.75, 3.05) is 33.3 Å². The molecule has 1 aromatic rings. The number of piperazine rings is 1. The third-order valence-corrected chi connectivity index (χ3v) is 3.96. The Balaban J connectivity index is 0.00000200. The van der Waals surface area contributed by atoms with Crippen LogP contribution in [0.3, 0.4) is 0 Å². The molecule has 0 radical (unpaired) electrons. The fourth-order valence-electron chi connectivity index (χ4n) is 2.94. The first-order chi connectivity index (χ1) is 9.26. The van der Waals surface area contributed by atoms with Crippen molar-refractivity contribution < 1.29 is 4.74 Å². The maximum atomic E-state index is 5.36. The summed E-state index contributed by atoms with van der Waals surface area (Å²) in [4.78, 5) is 2.61. The summed E-state index contributed by atoms with van der Waals surface area (Å²) in [5.41, 5.74) is 2.67. The summed E-state index contributed by atoms with van der Waals surface area (Å²) >= 11 is 0. The average molecular weight is 335 g/mol. The van der Waals surface area contributed by atoms with Crippen molar-refractivity contribution in [3.63, 3.8) is 0 Å². The maximum absolute atomic E-state index is 5.36. The molecule has 1 aromatic carbocycles. The summed E-state index contributed by atoms with van der Waals surface area (Å²) in [6.45, 7) is 8.91. The monoisotopic (exact) mass is 334 g/mol. The molecule has 2 rings (SSSR count). The summed E-state index contributed by atoms with van der Waals surface area (Å²) < 4.78 is 5.36. The van der Waals surface area contributed by atoms with Gasteiger partial charge in [-0.2, -0.15) is 0 Å². The van der Waals surface area contributed by atoms with Crippen LogP contribution >= 0.6 is 24.8 Å². The van der Waals surface area contributed by atoms with Crippen LogP contribution in [0.4, 0.5) is 0 Å². The van der Waals surface area contributed by atoms with Crippen molar-refractivity contribution in [1.29, 1.82) is 0 Å². The van der Waals surface area contributed by atoms with Crippen LogP contribution in [0.25, 0.3) is 0 Å². The van der Waals surface area contributed by atoms with Gasteiger partial charge in [0.05, 0.1) is 7.11 Å². The molecule has 1 heterocycles. The molecule has 1 atom stereocenters. The molecule has 0 aromatic heterocycles. The quantitative estimate of drug-likeness (QED) is 0.890. The van der Waals surface area contributed by atoms with E-state index in [2.05, 4.69) is 42.3 Å². The largest absolute Gasteiger partial charge is 0.496 e. The molecule has 0 aliphatic carbocycles. The molecule has 0 saturated carbocycles. The number of aryl methyl sites for hydroxylation is 1. The second kappa shape index (κ2) is 10.3. The molecule has 122 valence electrons. The second-order valence-electron chi connectivity index (χ2n) is 5.32. The molecule has 1 fully saturated rings. The van der Waals surface area contributed by atoms with Crippen molar-refractivity contribution in [2.45, 2.75) is 32.7 Å². The van der Waals surface area contributed by atoms with Crippen LogP contribution in [-0.4, -0.2) is 38.2 Å². The number of nitrogens with zero attached hydrogens (tertiary/aromatic N) is 1. The lowest BCUT2D eigenvalue weighted by atomic mass is 9.98. The minimum absolute atomic E-state index is 0. The Morgan fingerprint density at radius 1 is 1.24 bits per heavy atom.